The van der Waals surface area contributed by atoms with Gasteiger partial charge >= 0.3 is 12.7 Å². The van der Waals surface area contributed by atoms with Crippen LogP contribution < -0.4 is 5.73 Å². The molecule has 0 saturated heterocycles. The molecule has 15 heavy (non-hydrogen) atoms. The summed E-state index contributed by atoms with van der Waals surface area (Å²) in [5, 5.41) is 0. The van der Waals surface area contributed by atoms with Crippen molar-refractivity contribution in [1.82, 2.24) is 0 Å². The Labute approximate surface area is 103 Å². The minimum absolute atomic E-state index is 0.279. The third-order valence-corrected chi connectivity index (χ3v) is 2.89. The van der Waals surface area contributed by atoms with Crippen molar-refractivity contribution in [2.45, 2.75) is 0 Å². The second-order valence-corrected chi connectivity index (χ2v) is 4.28. The number of halogens is 2. The first-order chi connectivity index (χ1) is 7.06. The Hall–Kier alpha value is -1.06. The van der Waals surface area contributed by atoms with Crippen molar-refractivity contribution in [3.63, 3.8) is 0 Å². The first kappa shape index (κ1) is 12.0. The monoisotopic (exact) mass is 332 g/mol. The predicted octanol–water partition coefficient (Wildman–Crippen LogP) is 2.83. The van der Waals surface area contributed by atoms with E-state index >= 15 is 0 Å². The van der Waals surface area contributed by atoms with Crippen LogP contribution in [-0.4, -0.2) is 12.7 Å². The Morgan fingerprint density at radius 2 is 2.00 bits per heavy atom. The van der Waals surface area contributed by atoms with Gasteiger partial charge in [0.25, 0.3) is 0 Å². The lowest BCUT2D eigenvalue weighted by molar-refractivity contribution is 0.0547. The number of carbonyl (C=O) groups excluding carboxylic acids is 1. The molecule has 0 aliphatic carbocycles. The molecule has 0 amide bonds. The van der Waals surface area contributed by atoms with Crippen LogP contribution in [0.4, 0.5) is 5.69 Å². The van der Waals surface area contributed by atoms with Gasteiger partial charge in [0.15, 0.2) is 0 Å². The maximum atomic E-state index is 11.4. The molecule has 1 aromatic carbocycles. The van der Waals surface area contributed by atoms with E-state index in [4.69, 9.17) is 12.3 Å². The lowest BCUT2D eigenvalue weighted by atomic mass is 10.2. The van der Waals surface area contributed by atoms with Crippen LogP contribution in [0.3, 0.4) is 0 Å². The molecule has 0 saturated carbocycles. The second-order valence-electron chi connectivity index (χ2n) is 2.57. The summed E-state index contributed by atoms with van der Waals surface area (Å²) < 4.78 is 5.86. The van der Waals surface area contributed by atoms with E-state index in [9.17, 15) is 4.79 Å². The highest BCUT2D eigenvalue weighted by atomic mass is 79.9. The molecule has 1 aromatic rings. The Kier molecular flexibility index (Phi) is 4.12. The molecule has 6 heteroatoms. The number of rotatable bonds is 2. The van der Waals surface area contributed by atoms with Gasteiger partial charge in [-0.3, -0.25) is 4.85 Å². The van der Waals surface area contributed by atoms with Crippen LogP contribution in [0.15, 0.2) is 21.1 Å². The molecule has 0 aliphatic rings. The summed E-state index contributed by atoms with van der Waals surface area (Å²) in [5.74, 6) is -0.549. The quantitative estimate of drug-likeness (QED) is 0.514. The van der Waals surface area contributed by atoms with Gasteiger partial charge in [-0.1, -0.05) is 0 Å². The summed E-state index contributed by atoms with van der Waals surface area (Å²) in [6.45, 7) is 6.21. The summed E-state index contributed by atoms with van der Waals surface area (Å²) in [6.07, 6.45) is 0. The van der Waals surface area contributed by atoms with Crippen LogP contribution in [0.5, 0.6) is 0 Å². The molecule has 0 bridgehead atoms. The zero-order chi connectivity index (χ0) is 11.4. The summed E-state index contributed by atoms with van der Waals surface area (Å²) in [5.41, 5.74) is 6.51. The van der Waals surface area contributed by atoms with Crippen molar-refractivity contribution in [2.24, 2.45) is 0 Å². The molecule has 4 nitrogen and oxygen atoms in total. The van der Waals surface area contributed by atoms with Crippen LogP contribution in [0.1, 0.15) is 10.4 Å². The number of nitrogens with two attached hydrogens (primary N) is 1. The fraction of sp³-hybridized carbons (Fsp3) is 0.111. The maximum Gasteiger partial charge on any atom is 0.359 e. The summed E-state index contributed by atoms with van der Waals surface area (Å²) in [6, 6.07) is 3.10. The van der Waals surface area contributed by atoms with E-state index < -0.39 is 5.97 Å². The number of hydrogen-bond acceptors (Lipinski definition) is 3. The van der Waals surface area contributed by atoms with Crippen molar-refractivity contribution < 1.29 is 9.53 Å². The lowest BCUT2D eigenvalue weighted by Crippen LogP contribution is -2.05. The second kappa shape index (κ2) is 5.14. The van der Waals surface area contributed by atoms with Gasteiger partial charge in [0, 0.05) is 8.95 Å². The maximum absolute atomic E-state index is 11.4. The van der Waals surface area contributed by atoms with Crippen LogP contribution in [-0.2, 0) is 4.74 Å². The number of esters is 1. The molecule has 0 aliphatic heterocycles. The topological polar surface area (TPSA) is 56.7 Å². The predicted molar refractivity (Wildman–Crippen MR) is 63.1 cm³/mol. The molecule has 0 unspecified atom stereocenters. The highest BCUT2D eigenvalue weighted by Gasteiger charge is 2.12. The van der Waals surface area contributed by atoms with Gasteiger partial charge in [-0.05, 0) is 44.0 Å². The van der Waals surface area contributed by atoms with Gasteiger partial charge < -0.3 is 10.5 Å². The summed E-state index contributed by atoms with van der Waals surface area (Å²) in [4.78, 5) is 14.3. The van der Waals surface area contributed by atoms with Crippen LogP contribution in [0, 0.1) is 6.57 Å². The van der Waals surface area contributed by atoms with E-state index in [2.05, 4.69) is 41.4 Å². The van der Waals surface area contributed by atoms with Gasteiger partial charge in [-0.25, -0.2) is 11.4 Å². The van der Waals surface area contributed by atoms with Gasteiger partial charge in [0.1, 0.15) is 0 Å². The van der Waals surface area contributed by atoms with E-state index in [0.717, 1.165) is 0 Å². The van der Waals surface area contributed by atoms with E-state index in [0.29, 0.717) is 20.2 Å². The van der Waals surface area contributed by atoms with Crippen molar-refractivity contribution >= 4 is 43.5 Å². The Balaban J connectivity index is 2.97. The third kappa shape index (κ3) is 2.94. The molecule has 78 valence electrons. The standard InChI is InChI=1S/C9H6Br2N2O2/c1-13-4-15-9(14)5-2-6(10)8(12)7(11)3-5/h2-3H,4,12H2. The van der Waals surface area contributed by atoms with Crippen LogP contribution in [0.25, 0.3) is 4.85 Å². The average Bonchev–Trinajstić information content (AvgIpc) is 2.21. The SMILES string of the molecule is [C-]#[N+]COC(=O)c1cc(Br)c(N)c(Br)c1. The zero-order valence-corrected chi connectivity index (χ0v) is 10.6. The fourth-order valence-corrected chi connectivity index (χ4v) is 2.06. The minimum Gasteiger partial charge on any atom is -0.397 e. The zero-order valence-electron chi connectivity index (χ0n) is 7.46. The van der Waals surface area contributed by atoms with E-state index in [1.807, 2.05) is 0 Å². The first-order valence-electron chi connectivity index (χ1n) is 3.81. The number of ether oxygens (including phenoxy) is 1. The number of nitrogens with zero attached hydrogens (tertiary/aromatic N) is 1. The summed E-state index contributed by atoms with van der Waals surface area (Å²) in [7, 11) is 0. The smallest absolute Gasteiger partial charge is 0.359 e. The highest BCUT2D eigenvalue weighted by molar-refractivity contribution is 9.11. The molecule has 0 spiro atoms. The Morgan fingerprint density at radius 3 is 2.47 bits per heavy atom. The normalized spacial score (nSPS) is 9.40. The third-order valence-electron chi connectivity index (χ3n) is 1.57. The van der Waals surface area contributed by atoms with E-state index in [-0.39, 0.29) is 6.73 Å². The average molecular weight is 334 g/mol. The molecule has 0 heterocycles. The summed E-state index contributed by atoms with van der Waals surface area (Å²) >= 11 is 6.42. The van der Waals surface area contributed by atoms with E-state index in [1.54, 1.807) is 12.1 Å². The Morgan fingerprint density at radius 1 is 1.47 bits per heavy atom. The molecular weight excluding hydrogens is 328 g/mol. The number of carbonyl (C=O) groups is 1. The fourth-order valence-electron chi connectivity index (χ4n) is 0.876. The van der Waals surface area contributed by atoms with E-state index in [1.165, 1.54) is 0 Å². The van der Waals surface area contributed by atoms with Crippen molar-refractivity contribution in [3.8, 4) is 0 Å². The number of benzene rings is 1. The van der Waals surface area contributed by atoms with Crippen molar-refractivity contribution in [2.75, 3.05) is 12.5 Å². The molecule has 1 rings (SSSR count). The van der Waals surface area contributed by atoms with Gasteiger partial charge in [0.05, 0.1) is 11.3 Å². The Bertz CT molecular complexity index is 417. The number of nitrogen functional groups attached to an aromatic ring is 1. The molecule has 0 atom stereocenters. The van der Waals surface area contributed by atoms with Gasteiger partial charge in [-0.15, -0.1) is 0 Å². The van der Waals surface area contributed by atoms with Gasteiger partial charge in [0.2, 0.25) is 0 Å². The van der Waals surface area contributed by atoms with Crippen molar-refractivity contribution in [1.29, 1.82) is 0 Å². The van der Waals surface area contributed by atoms with Crippen LogP contribution >= 0.6 is 31.9 Å². The minimum atomic E-state index is -0.549. The largest absolute Gasteiger partial charge is 0.397 e. The highest BCUT2D eigenvalue weighted by Crippen LogP contribution is 2.29. The molecule has 2 N–H and O–H groups in total. The molecule has 0 aromatic heterocycles. The first-order valence-corrected chi connectivity index (χ1v) is 5.39. The van der Waals surface area contributed by atoms with Crippen molar-refractivity contribution in [3.05, 3.63) is 38.1 Å². The van der Waals surface area contributed by atoms with Gasteiger partial charge in [-0.2, -0.15) is 0 Å². The lowest BCUT2D eigenvalue weighted by Gasteiger charge is -2.04. The molecule has 0 fully saturated rings. The number of anilines is 1. The van der Waals surface area contributed by atoms with Crippen LogP contribution in [0.2, 0.25) is 0 Å². The molecular formula is C9H6Br2N2O2. The molecule has 0 radical (unpaired) electrons. The number of hydrogen-bond donors (Lipinski definition) is 1.